The fourth-order valence-electron chi connectivity index (χ4n) is 2.89. The molecule has 4 nitrogen and oxygen atoms in total. The SMILES string of the molecule is CCCCCOc1ccc(C(CO)N2CCN(C)CC2)cc1. The van der Waals surface area contributed by atoms with Gasteiger partial charge in [-0.2, -0.15) is 0 Å². The van der Waals surface area contributed by atoms with E-state index in [1.54, 1.807) is 0 Å². The summed E-state index contributed by atoms with van der Waals surface area (Å²) >= 11 is 0. The Kier molecular flexibility index (Phi) is 7.16. The second-order valence-electron chi connectivity index (χ2n) is 6.16. The Labute approximate surface area is 134 Å². The second kappa shape index (κ2) is 9.13. The average Bonchev–Trinajstić information content (AvgIpc) is 2.55. The van der Waals surface area contributed by atoms with Crippen LogP contribution in [-0.2, 0) is 0 Å². The maximum absolute atomic E-state index is 9.78. The molecule has 4 heteroatoms. The maximum atomic E-state index is 9.78. The van der Waals surface area contributed by atoms with Crippen molar-refractivity contribution < 1.29 is 9.84 Å². The van der Waals surface area contributed by atoms with Gasteiger partial charge >= 0.3 is 0 Å². The highest BCUT2D eigenvalue weighted by Crippen LogP contribution is 2.24. The molecule has 1 atom stereocenters. The number of piperazine rings is 1. The molecule has 124 valence electrons. The number of nitrogens with zero attached hydrogens (tertiary/aromatic N) is 2. The Bertz CT molecular complexity index is 414. The van der Waals surface area contributed by atoms with Gasteiger partial charge in [0.25, 0.3) is 0 Å². The Morgan fingerprint density at radius 3 is 2.36 bits per heavy atom. The zero-order valence-corrected chi connectivity index (χ0v) is 14.0. The molecular formula is C18H30N2O2. The lowest BCUT2D eigenvalue weighted by molar-refractivity contribution is 0.0748. The minimum atomic E-state index is 0.0999. The van der Waals surface area contributed by atoms with Crippen LogP contribution >= 0.6 is 0 Å². The van der Waals surface area contributed by atoms with Gasteiger partial charge in [-0.3, -0.25) is 4.90 Å². The lowest BCUT2D eigenvalue weighted by atomic mass is 10.0. The van der Waals surface area contributed by atoms with E-state index in [2.05, 4.69) is 35.9 Å². The van der Waals surface area contributed by atoms with E-state index in [1.165, 1.54) is 18.4 Å². The van der Waals surface area contributed by atoms with Gasteiger partial charge in [-0.15, -0.1) is 0 Å². The first-order valence-electron chi connectivity index (χ1n) is 8.50. The van der Waals surface area contributed by atoms with Gasteiger partial charge in [0.1, 0.15) is 5.75 Å². The van der Waals surface area contributed by atoms with Crippen molar-refractivity contribution >= 4 is 0 Å². The van der Waals surface area contributed by atoms with Gasteiger partial charge in [-0.25, -0.2) is 0 Å². The Balaban J connectivity index is 1.89. The lowest BCUT2D eigenvalue weighted by Gasteiger charge is -2.37. The molecule has 1 heterocycles. The summed E-state index contributed by atoms with van der Waals surface area (Å²) in [4.78, 5) is 4.70. The van der Waals surface area contributed by atoms with Gasteiger partial charge in [-0.1, -0.05) is 31.9 Å². The molecule has 0 spiro atoms. The number of unbranched alkanes of at least 4 members (excludes halogenated alkanes) is 2. The number of rotatable bonds is 8. The second-order valence-corrected chi connectivity index (χ2v) is 6.16. The van der Waals surface area contributed by atoms with E-state index >= 15 is 0 Å². The minimum Gasteiger partial charge on any atom is -0.494 e. The third kappa shape index (κ3) is 4.97. The van der Waals surface area contributed by atoms with Gasteiger partial charge in [0.2, 0.25) is 0 Å². The van der Waals surface area contributed by atoms with Crippen molar-refractivity contribution in [1.29, 1.82) is 0 Å². The van der Waals surface area contributed by atoms with E-state index < -0.39 is 0 Å². The molecule has 1 aliphatic heterocycles. The van der Waals surface area contributed by atoms with Crippen molar-refractivity contribution in [2.24, 2.45) is 0 Å². The van der Waals surface area contributed by atoms with Gasteiger partial charge in [0.15, 0.2) is 0 Å². The standard InChI is InChI=1S/C18H30N2O2/c1-3-4-5-14-22-17-8-6-16(7-9-17)18(15-21)20-12-10-19(2)11-13-20/h6-9,18,21H,3-5,10-15H2,1-2H3. The van der Waals surface area contributed by atoms with E-state index in [-0.39, 0.29) is 12.6 Å². The number of likely N-dealkylation sites (N-methyl/N-ethyl adjacent to an activating group) is 1. The normalized spacial score (nSPS) is 18.3. The quantitative estimate of drug-likeness (QED) is 0.749. The van der Waals surface area contributed by atoms with Crippen LogP contribution in [0.2, 0.25) is 0 Å². The predicted octanol–water partition coefficient (Wildman–Crippen LogP) is 2.54. The molecule has 1 unspecified atom stereocenters. The molecule has 0 aliphatic carbocycles. The van der Waals surface area contributed by atoms with Gasteiger partial charge in [0, 0.05) is 26.2 Å². The van der Waals surface area contributed by atoms with Crippen LogP contribution in [0.15, 0.2) is 24.3 Å². The molecule has 1 aromatic carbocycles. The third-order valence-corrected chi connectivity index (χ3v) is 4.43. The number of ether oxygens (including phenoxy) is 1. The van der Waals surface area contributed by atoms with Crippen molar-refractivity contribution in [2.75, 3.05) is 46.4 Å². The van der Waals surface area contributed by atoms with E-state index in [0.717, 1.165) is 45.0 Å². The molecule has 0 amide bonds. The molecule has 1 N–H and O–H groups in total. The predicted molar refractivity (Wildman–Crippen MR) is 90.4 cm³/mol. The number of aliphatic hydroxyl groups excluding tert-OH is 1. The summed E-state index contributed by atoms with van der Waals surface area (Å²) in [6.07, 6.45) is 3.54. The van der Waals surface area contributed by atoms with E-state index in [4.69, 9.17) is 4.74 Å². The van der Waals surface area contributed by atoms with E-state index in [0.29, 0.717) is 0 Å². The van der Waals surface area contributed by atoms with Crippen LogP contribution in [-0.4, -0.2) is 61.3 Å². The van der Waals surface area contributed by atoms with Crippen molar-refractivity contribution in [2.45, 2.75) is 32.2 Å². The topological polar surface area (TPSA) is 35.9 Å². The van der Waals surface area contributed by atoms with E-state index in [9.17, 15) is 5.11 Å². The molecule has 1 saturated heterocycles. The zero-order chi connectivity index (χ0) is 15.8. The number of aliphatic hydroxyl groups is 1. The molecule has 0 radical (unpaired) electrons. The first-order chi connectivity index (χ1) is 10.7. The first-order valence-corrected chi connectivity index (χ1v) is 8.50. The molecule has 2 rings (SSSR count). The first kappa shape index (κ1) is 17.3. The summed E-state index contributed by atoms with van der Waals surface area (Å²) in [5, 5.41) is 9.78. The highest BCUT2D eigenvalue weighted by molar-refractivity contribution is 5.29. The smallest absolute Gasteiger partial charge is 0.119 e. The van der Waals surface area contributed by atoms with Gasteiger partial charge in [-0.05, 0) is 31.2 Å². The molecular weight excluding hydrogens is 276 g/mol. The lowest BCUT2D eigenvalue weighted by Crippen LogP contribution is -2.46. The summed E-state index contributed by atoms with van der Waals surface area (Å²) in [5.74, 6) is 0.926. The van der Waals surface area contributed by atoms with Crippen molar-refractivity contribution in [3.05, 3.63) is 29.8 Å². The Hall–Kier alpha value is -1.10. The molecule has 1 fully saturated rings. The molecule has 0 aromatic heterocycles. The number of hydrogen-bond donors (Lipinski definition) is 1. The summed E-state index contributed by atoms with van der Waals surface area (Å²) in [7, 11) is 2.15. The number of benzene rings is 1. The number of hydrogen-bond acceptors (Lipinski definition) is 4. The zero-order valence-electron chi connectivity index (χ0n) is 14.0. The maximum Gasteiger partial charge on any atom is 0.119 e. The highest BCUT2D eigenvalue weighted by Gasteiger charge is 2.23. The van der Waals surface area contributed by atoms with Crippen LogP contribution in [0.25, 0.3) is 0 Å². The van der Waals surface area contributed by atoms with Crippen molar-refractivity contribution in [3.63, 3.8) is 0 Å². The molecule has 1 aliphatic rings. The van der Waals surface area contributed by atoms with E-state index in [1.807, 2.05) is 12.1 Å². The largest absolute Gasteiger partial charge is 0.494 e. The summed E-state index contributed by atoms with van der Waals surface area (Å²) in [6.45, 7) is 7.30. The van der Waals surface area contributed by atoms with Crippen LogP contribution in [0.1, 0.15) is 37.8 Å². The van der Waals surface area contributed by atoms with Crippen LogP contribution in [0.4, 0.5) is 0 Å². The average molecular weight is 306 g/mol. The van der Waals surface area contributed by atoms with Crippen LogP contribution < -0.4 is 4.74 Å². The van der Waals surface area contributed by atoms with Crippen molar-refractivity contribution in [1.82, 2.24) is 9.80 Å². The Morgan fingerprint density at radius 1 is 1.09 bits per heavy atom. The van der Waals surface area contributed by atoms with Crippen LogP contribution in [0.3, 0.4) is 0 Å². The van der Waals surface area contributed by atoms with Gasteiger partial charge < -0.3 is 14.7 Å². The van der Waals surface area contributed by atoms with Crippen molar-refractivity contribution in [3.8, 4) is 5.75 Å². The summed E-state index contributed by atoms with van der Waals surface area (Å²) in [5.41, 5.74) is 1.17. The summed E-state index contributed by atoms with van der Waals surface area (Å²) < 4.78 is 5.75. The molecule has 1 aromatic rings. The van der Waals surface area contributed by atoms with Crippen LogP contribution in [0, 0.1) is 0 Å². The fraction of sp³-hybridized carbons (Fsp3) is 0.667. The molecule has 0 bridgehead atoms. The fourth-order valence-corrected chi connectivity index (χ4v) is 2.89. The minimum absolute atomic E-state index is 0.0999. The third-order valence-electron chi connectivity index (χ3n) is 4.43. The molecule has 0 saturated carbocycles. The van der Waals surface area contributed by atoms with Crippen LogP contribution in [0.5, 0.6) is 5.75 Å². The van der Waals surface area contributed by atoms with Gasteiger partial charge in [0.05, 0.1) is 19.3 Å². The Morgan fingerprint density at radius 2 is 1.77 bits per heavy atom. The summed E-state index contributed by atoms with van der Waals surface area (Å²) in [6, 6.07) is 8.34. The monoisotopic (exact) mass is 306 g/mol. The molecule has 22 heavy (non-hydrogen) atoms. The highest BCUT2D eigenvalue weighted by atomic mass is 16.5.